The molecule has 0 bridgehead atoms. The molecule has 10 nitrogen and oxygen atoms in total. The first-order valence-electron chi connectivity index (χ1n) is 8.97. The molecule has 2 aromatic rings. The Balaban J connectivity index is 1.67. The van der Waals surface area contributed by atoms with Crippen molar-refractivity contribution in [1.29, 1.82) is 0 Å². The number of benzene rings is 1. The Bertz CT molecular complexity index is 788. The predicted octanol–water partition coefficient (Wildman–Crippen LogP) is 1.07. The van der Waals surface area contributed by atoms with Gasteiger partial charge in [0.1, 0.15) is 12.6 Å². The van der Waals surface area contributed by atoms with Gasteiger partial charge in [-0.3, -0.25) is 4.79 Å². The molecule has 1 heterocycles. The van der Waals surface area contributed by atoms with Gasteiger partial charge in [0.25, 0.3) is 0 Å². The summed E-state index contributed by atoms with van der Waals surface area (Å²) in [6.45, 7) is 0.499. The van der Waals surface area contributed by atoms with Crippen molar-refractivity contribution in [3.8, 4) is 11.8 Å². The molecule has 0 spiro atoms. The van der Waals surface area contributed by atoms with Crippen LogP contribution in [0.25, 0.3) is 0 Å². The van der Waals surface area contributed by atoms with E-state index >= 15 is 0 Å². The molecule has 29 heavy (non-hydrogen) atoms. The maximum Gasteiger partial charge on any atom is 0.407 e. The van der Waals surface area contributed by atoms with E-state index in [1.807, 2.05) is 30.3 Å². The fraction of sp³-hybridized carbons (Fsp3) is 0.316. The van der Waals surface area contributed by atoms with Crippen molar-refractivity contribution in [3.63, 3.8) is 0 Å². The number of amides is 2. The van der Waals surface area contributed by atoms with Crippen LogP contribution >= 0.6 is 0 Å². The molecule has 1 aromatic carbocycles. The van der Waals surface area contributed by atoms with Crippen LogP contribution in [0.5, 0.6) is 11.8 Å². The van der Waals surface area contributed by atoms with E-state index in [2.05, 4.69) is 10.6 Å². The highest BCUT2D eigenvalue weighted by molar-refractivity contribution is 5.78. The Morgan fingerprint density at radius 3 is 2.41 bits per heavy atom. The molecule has 2 amide bonds. The van der Waals surface area contributed by atoms with Gasteiger partial charge in [-0.2, -0.15) is 0 Å². The number of unbranched alkanes of at least 4 members (excludes halogenated alkanes) is 1. The van der Waals surface area contributed by atoms with Crippen molar-refractivity contribution in [2.24, 2.45) is 0 Å². The van der Waals surface area contributed by atoms with Crippen LogP contribution in [0.2, 0.25) is 0 Å². The second-order valence-electron chi connectivity index (χ2n) is 6.08. The van der Waals surface area contributed by atoms with Crippen molar-refractivity contribution < 1.29 is 34.2 Å². The average Bonchev–Trinajstić information content (AvgIpc) is 3.04. The van der Waals surface area contributed by atoms with Gasteiger partial charge in [0.2, 0.25) is 18.2 Å². The first-order chi connectivity index (χ1) is 14.0. The van der Waals surface area contributed by atoms with Gasteiger partial charge in [0, 0.05) is 18.7 Å². The molecule has 0 saturated heterocycles. The number of aromatic hydroxyl groups is 2. The standard InChI is InChI=1S/C19H23N3O7/c23-13-21-15(18(26)29-22-16(24)9-10-17(22)25)8-4-5-11-20-19(27)28-12-14-6-2-1-3-7-14/h1-3,6-7,9-10,13,15,24-25H,4-5,8,11-12H2,(H,20,27)(H,21,23). The SMILES string of the molecule is O=CNC(CCCCNC(=O)OCc1ccccc1)C(=O)On1c(O)ccc1O. The molecule has 4 N–H and O–H groups in total. The Morgan fingerprint density at radius 1 is 1.07 bits per heavy atom. The summed E-state index contributed by atoms with van der Waals surface area (Å²) in [5.41, 5.74) is 0.878. The zero-order valence-corrected chi connectivity index (χ0v) is 15.6. The highest BCUT2D eigenvalue weighted by Gasteiger charge is 2.22. The van der Waals surface area contributed by atoms with Crippen molar-refractivity contribution in [2.45, 2.75) is 31.9 Å². The molecule has 0 saturated carbocycles. The number of hydrogen-bond acceptors (Lipinski definition) is 7. The van der Waals surface area contributed by atoms with Gasteiger partial charge >= 0.3 is 12.1 Å². The van der Waals surface area contributed by atoms with Crippen LogP contribution in [0.15, 0.2) is 42.5 Å². The van der Waals surface area contributed by atoms with Gasteiger partial charge in [0.15, 0.2) is 0 Å². The van der Waals surface area contributed by atoms with Crippen molar-refractivity contribution in [3.05, 3.63) is 48.0 Å². The van der Waals surface area contributed by atoms with Gasteiger partial charge < -0.3 is 30.4 Å². The Hall–Kier alpha value is -3.69. The maximum atomic E-state index is 12.1. The third kappa shape index (κ3) is 7.09. The molecular formula is C19H23N3O7. The normalized spacial score (nSPS) is 11.3. The second kappa shape index (κ2) is 11.2. The largest absolute Gasteiger partial charge is 0.492 e. The fourth-order valence-corrected chi connectivity index (χ4v) is 2.44. The first-order valence-corrected chi connectivity index (χ1v) is 8.97. The zero-order valence-electron chi connectivity index (χ0n) is 15.6. The molecule has 10 heteroatoms. The molecule has 2 rings (SSSR count). The minimum atomic E-state index is -0.973. The zero-order chi connectivity index (χ0) is 21.1. The maximum absolute atomic E-state index is 12.1. The number of alkyl carbamates (subject to hydrolysis) is 1. The summed E-state index contributed by atoms with van der Waals surface area (Å²) in [6, 6.07) is 10.6. The Kier molecular flexibility index (Phi) is 8.36. The van der Waals surface area contributed by atoms with E-state index in [1.165, 1.54) is 0 Å². The lowest BCUT2D eigenvalue weighted by molar-refractivity contribution is -0.149. The monoisotopic (exact) mass is 405 g/mol. The minimum absolute atomic E-state index is 0.170. The molecule has 0 aliphatic heterocycles. The van der Waals surface area contributed by atoms with E-state index in [1.54, 1.807) is 0 Å². The van der Waals surface area contributed by atoms with Crippen LogP contribution in [-0.2, 0) is 20.9 Å². The van der Waals surface area contributed by atoms with Crippen LogP contribution in [-0.4, -0.2) is 46.0 Å². The third-order valence-electron chi connectivity index (χ3n) is 3.93. The summed E-state index contributed by atoms with van der Waals surface area (Å²) < 4.78 is 5.63. The van der Waals surface area contributed by atoms with Gasteiger partial charge in [-0.15, -0.1) is 4.73 Å². The van der Waals surface area contributed by atoms with Crippen LogP contribution in [0.4, 0.5) is 4.79 Å². The average molecular weight is 405 g/mol. The van der Waals surface area contributed by atoms with Crippen LogP contribution in [0.1, 0.15) is 24.8 Å². The first kappa shape index (κ1) is 21.6. The number of carbonyl (C=O) groups excluding carboxylic acids is 3. The smallest absolute Gasteiger partial charge is 0.407 e. The molecule has 0 aliphatic carbocycles. The van der Waals surface area contributed by atoms with E-state index < -0.39 is 29.9 Å². The number of hydrogen-bond donors (Lipinski definition) is 4. The number of nitrogens with zero attached hydrogens (tertiary/aromatic N) is 1. The highest BCUT2D eigenvalue weighted by atomic mass is 16.7. The Morgan fingerprint density at radius 2 is 1.76 bits per heavy atom. The quantitative estimate of drug-likeness (QED) is 0.324. The summed E-state index contributed by atoms with van der Waals surface area (Å²) >= 11 is 0. The van der Waals surface area contributed by atoms with E-state index in [0.717, 1.165) is 17.7 Å². The molecule has 1 aromatic heterocycles. The van der Waals surface area contributed by atoms with E-state index in [4.69, 9.17) is 9.57 Å². The fourth-order valence-electron chi connectivity index (χ4n) is 2.44. The molecule has 0 fully saturated rings. The predicted molar refractivity (Wildman–Crippen MR) is 101 cm³/mol. The van der Waals surface area contributed by atoms with Crippen molar-refractivity contribution in [1.82, 2.24) is 15.4 Å². The van der Waals surface area contributed by atoms with E-state index in [9.17, 15) is 24.6 Å². The molecule has 1 unspecified atom stereocenters. The van der Waals surface area contributed by atoms with Crippen LogP contribution in [0.3, 0.4) is 0 Å². The summed E-state index contributed by atoms with van der Waals surface area (Å²) in [5, 5.41) is 23.9. The molecule has 0 aliphatic rings. The highest BCUT2D eigenvalue weighted by Crippen LogP contribution is 2.19. The lowest BCUT2D eigenvalue weighted by atomic mass is 10.1. The van der Waals surface area contributed by atoms with Gasteiger partial charge in [-0.1, -0.05) is 30.3 Å². The van der Waals surface area contributed by atoms with Crippen LogP contribution in [0, 0.1) is 0 Å². The lowest BCUT2D eigenvalue weighted by Gasteiger charge is -2.15. The van der Waals surface area contributed by atoms with Crippen molar-refractivity contribution >= 4 is 18.5 Å². The van der Waals surface area contributed by atoms with Crippen LogP contribution < -0.4 is 15.5 Å². The molecule has 0 radical (unpaired) electrons. The third-order valence-corrected chi connectivity index (χ3v) is 3.93. The Labute approximate surface area is 167 Å². The van der Waals surface area contributed by atoms with Gasteiger partial charge in [-0.25, -0.2) is 9.59 Å². The topological polar surface area (TPSA) is 139 Å². The summed E-state index contributed by atoms with van der Waals surface area (Å²) in [5.74, 6) is -1.77. The van der Waals surface area contributed by atoms with Gasteiger partial charge in [0.05, 0.1) is 0 Å². The van der Waals surface area contributed by atoms with Crippen molar-refractivity contribution in [2.75, 3.05) is 6.54 Å². The number of carbonyl (C=O) groups is 3. The number of rotatable bonds is 11. The molecular weight excluding hydrogens is 382 g/mol. The lowest BCUT2D eigenvalue weighted by Crippen LogP contribution is -2.41. The number of ether oxygens (including phenoxy) is 1. The summed E-state index contributed by atoms with van der Waals surface area (Å²) in [6.07, 6.45) is 1.07. The number of aromatic nitrogens is 1. The van der Waals surface area contributed by atoms with E-state index in [0.29, 0.717) is 30.5 Å². The second-order valence-corrected chi connectivity index (χ2v) is 6.08. The molecule has 1 atom stereocenters. The van der Waals surface area contributed by atoms with E-state index in [-0.39, 0.29) is 13.0 Å². The summed E-state index contributed by atoms with van der Waals surface area (Å²) in [7, 11) is 0. The van der Waals surface area contributed by atoms with Gasteiger partial charge in [-0.05, 0) is 24.8 Å². The summed E-state index contributed by atoms with van der Waals surface area (Å²) in [4.78, 5) is 39.4. The minimum Gasteiger partial charge on any atom is -0.492 e. The molecule has 156 valence electrons. The number of nitrogens with one attached hydrogen (secondary N) is 2.